The molecule has 0 unspecified atom stereocenters. The number of benzene rings is 2. The van der Waals surface area contributed by atoms with Crippen molar-refractivity contribution in [2.24, 2.45) is 0 Å². The molecule has 0 bridgehead atoms. The van der Waals surface area contributed by atoms with E-state index in [0.717, 1.165) is 22.5 Å². The summed E-state index contributed by atoms with van der Waals surface area (Å²) in [7, 11) is 1.38. The van der Waals surface area contributed by atoms with Gasteiger partial charge in [0.05, 0.1) is 18.7 Å². The summed E-state index contributed by atoms with van der Waals surface area (Å²) < 4.78 is 4.67. The zero-order valence-electron chi connectivity index (χ0n) is 15.4. The molecule has 0 radical (unpaired) electrons. The lowest BCUT2D eigenvalue weighted by molar-refractivity contribution is -0.140. The summed E-state index contributed by atoms with van der Waals surface area (Å²) in [5.74, 6) is -0.232. The van der Waals surface area contributed by atoms with Crippen LogP contribution in [-0.2, 0) is 16.0 Å². The minimum absolute atomic E-state index is 0.0786. The van der Waals surface area contributed by atoms with Crippen LogP contribution >= 0.6 is 0 Å². The Morgan fingerprint density at radius 3 is 2.48 bits per heavy atom. The first-order chi connectivity index (χ1) is 13.0. The van der Waals surface area contributed by atoms with Gasteiger partial charge in [-0.3, -0.25) is 14.6 Å². The first-order valence-electron chi connectivity index (χ1n) is 8.79. The number of nitriles is 1. The largest absolute Gasteiger partial charge is 0.469 e. The molecule has 3 rings (SSSR count). The van der Waals surface area contributed by atoms with E-state index in [4.69, 9.17) is 5.26 Å². The summed E-state index contributed by atoms with van der Waals surface area (Å²) in [5.41, 5.74) is 4.26. The van der Waals surface area contributed by atoms with Gasteiger partial charge in [0.15, 0.2) is 0 Å². The molecule has 0 N–H and O–H groups in total. The molecule has 2 amide bonds. The van der Waals surface area contributed by atoms with Crippen molar-refractivity contribution in [3.05, 3.63) is 59.2 Å². The van der Waals surface area contributed by atoms with Crippen molar-refractivity contribution >= 4 is 23.4 Å². The van der Waals surface area contributed by atoms with Crippen LogP contribution in [0.3, 0.4) is 0 Å². The molecule has 0 atom stereocenters. The van der Waals surface area contributed by atoms with Crippen LogP contribution < -0.4 is 9.80 Å². The second-order valence-corrected chi connectivity index (χ2v) is 6.44. The van der Waals surface area contributed by atoms with Crippen LogP contribution in [0.1, 0.15) is 23.1 Å². The highest BCUT2D eigenvalue weighted by atomic mass is 16.5. The zero-order valence-corrected chi connectivity index (χ0v) is 15.4. The minimum atomic E-state index is -0.232. The maximum atomic E-state index is 12.9. The third kappa shape index (κ3) is 3.93. The van der Waals surface area contributed by atoms with Gasteiger partial charge in [0.1, 0.15) is 0 Å². The lowest BCUT2D eigenvalue weighted by atomic mass is 10.0. The first-order valence-corrected chi connectivity index (χ1v) is 8.79. The lowest BCUT2D eigenvalue weighted by Crippen LogP contribution is -2.32. The zero-order chi connectivity index (χ0) is 19.4. The van der Waals surface area contributed by atoms with Gasteiger partial charge in [-0.15, -0.1) is 0 Å². The van der Waals surface area contributed by atoms with Crippen LogP contribution in [0.5, 0.6) is 0 Å². The number of anilines is 2. The molecule has 1 saturated heterocycles. The van der Waals surface area contributed by atoms with E-state index in [1.54, 1.807) is 34.1 Å². The van der Waals surface area contributed by atoms with Crippen molar-refractivity contribution in [1.29, 1.82) is 5.26 Å². The first kappa shape index (κ1) is 18.5. The number of carbonyl (C=O) groups is 2. The van der Waals surface area contributed by atoms with Gasteiger partial charge >= 0.3 is 12.0 Å². The van der Waals surface area contributed by atoms with Gasteiger partial charge in [-0.1, -0.05) is 12.1 Å². The molecule has 0 saturated carbocycles. The maximum Gasteiger partial charge on any atom is 0.329 e. The van der Waals surface area contributed by atoms with E-state index in [-0.39, 0.29) is 12.0 Å². The van der Waals surface area contributed by atoms with E-state index < -0.39 is 0 Å². The summed E-state index contributed by atoms with van der Waals surface area (Å²) in [6.45, 7) is 3.16. The molecule has 0 aliphatic carbocycles. The molecule has 27 heavy (non-hydrogen) atoms. The number of nitrogens with zero attached hydrogens (tertiary/aromatic N) is 3. The van der Waals surface area contributed by atoms with Crippen molar-refractivity contribution in [3.8, 4) is 6.07 Å². The average Bonchev–Trinajstić information content (AvgIpc) is 3.07. The number of rotatable bonds is 5. The molecule has 6 heteroatoms. The Bertz CT molecular complexity index is 900. The molecule has 2 aromatic rings. The summed E-state index contributed by atoms with van der Waals surface area (Å²) in [6.07, 6.45) is 0.948. The van der Waals surface area contributed by atoms with E-state index in [1.165, 1.54) is 7.11 Å². The molecule has 138 valence electrons. The highest BCUT2D eigenvalue weighted by Crippen LogP contribution is 2.28. The van der Waals surface area contributed by atoms with Crippen molar-refractivity contribution in [1.82, 2.24) is 0 Å². The van der Waals surface area contributed by atoms with Crippen molar-refractivity contribution < 1.29 is 14.3 Å². The lowest BCUT2D eigenvalue weighted by Gasteiger charge is -2.21. The third-order valence-electron chi connectivity index (χ3n) is 4.71. The molecule has 1 fully saturated rings. The highest BCUT2D eigenvalue weighted by molar-refractivity contribution is 6.06. The van der Waals surface area contributed by atoms with Gasteiger partial charge in [0.2, 0.25) is 0 Å². The Morgan fingerprint density at radius 2 is 1.85 bits per heavy atom. The van der Waals surface area contributed by atoms with Gasteiger partial charge in [-0.05, 0) is 54.8 Å². The standard InChI is InChI=1S/C21H21N3O3/c1-15-13-16(6-10-20(25)27-2)5-9-19(15)24-12-11-23(21(24)26)18-7-3-17(14-22)4-8-18/h3-5,7-9,13H,6,10-12H2,1-2H3. The van der Waals surface area contributed by atoms with Crippen LogP contribution in [0.2, 0.25) is 0 Å². The Hall–Kier alpha value is -3.33. The Labute approximate surface area is 158 Å². The number of amides is 2. The molecule has 0 aromatic heterocycles. The summed E-state index contributed by atoms with van der Waals surface area (Å²) >= 11 is 0. The summed E-state index contributed by atoms with van der Waals surface area (Å²) in [4.78, 5) is 27.7. The minimum Gasteiger partial charge on any atom is -0.469 e. The fraction of sp³-hybridized carbons (Fsp3) is 0.286. The summed E-state index contributed by atoms with van der Waals surface area (Å²) in [6, 6.07) is 14.9. The van der Waals surface area contributed by atoms with Crippen LogP contribution in [0, 0.1) is 18.3 Å². The molecule has 1 heterocycles. The maximum absolute atomic E-state index is 12.9. The normalized spacial score (nSPS) is 13.6. The molecular weight excluding hydrogens is 342 g/mol. The topological polar surface area (TPSA) is 73.6 Å². The third-order valence-corrected chi connectivity index (χ3v) is 4.71. The number of methoxy groups -OCH3 is 1. The van der Waals surface area contributed by atoms with Gasteiger partial charge in [0, 0.05) is 30.9 Å². The van der Waals surface area contributed by atoms with E-state index in [0.29, 0.717) is 31.5 Å². The van der Waals surface area contributed by atoms with Gasteiger partial charge < -0.3 is 4.74 Å². The number of hydrogen-bond acceptors (Lipinski definition) is 4. The molecule has 2 aromatic carbocycles. The van der Waals surface area contributed by atoms with E-state index in [9.17, 15) is 9.59 Å². The van der Waals surface area contributed by atoms with Crippen LogP contribution in [-0.4, -0.2) is 32.2 Å². The predicted octanol–water partition coefficient (Wildman–Crippen LogP) is 3.42. The molecule has 0 spiro atoms. The fourth-order valence-corrected chi connectivity index (χ4v) is 3.24. The molecule has 6 nitrogen and oxygen atoms in total. The highest BCUT2D eigenvalue weighted by Gasteiger charge is 2.31. The number of esters is 1. The van der Waals surface area contributed by atoms with E-state index >= 15 is 0 Å². The average molecular weight is 363 g/mol. The number of carbonyl (C=O) groups excluding carboxylic acids is 2. The monoisotopic (exact) mass is 363 g/mol. The number of aryl methyl sites for hydroxylation is 2. The van der Waals surface area contributed by atoms with Crippen LogP contribution in [0.25, 0.3) is 0 Å². The Balaban J connectivity index is 1.74. The summed E-state index contributed by atoms with van der Waals surface area (Å²) in [5, 5.41) is 8.91. The second-order valence-electron chi connectivity index (χ2n) is 6.44. The quantitative estimate of drug-likeness (QED) is 0.763. The van der Waals surface area contributed by atoms with Crippen molar-refractivity contribution in [2.75, 3.05) is 30.0 Å². The van der Waals surface area contributed by atoms with Crippen molar-refractivity contribution in [3.63, 3.8) is 0 Å². The smallest absolute Gasteiger partial charge is 0.329 e. The van der Waals surface area contributed by atoms with Crippen LogP contribution in [0.15, 0.2) is 42.5 Å². The molecule has 1 aliphatic heterocycles. The Kier molecular flexibility index (Phi) is 5.41. The van der Waals surface area contributed by atoms with E-state index in [1.807, 2.05) is 25.1 Å². The number of hydrogen-bond donors (Lipinski definition) is 0. The predicted molar refractivity (Wildman–Crippen MR) is 103 cm³/mol. The SMILES string of the molecule is COC(=O)CCc1ccc(N2CCN(c3ccc(C#N)cc3)C2=O)c(C)c1. The number of ether oxygens (including phenoxy) is 1. The fourth-order valence-electron chi connectivity index (χ4n) is 3.24. The van der Waals surface area contributed by atoms with Crippen LogP contribution in [0.4, 0.5) is 16.2 Å². The van der Waals surface area contributed by atoms with E-state index in [2.05, 4.69) is 10.8 Å². The second kappa shape index (κ2) is 7.92. The molecular formula is C21H21N3O3. The molecule has 1 aliphatic rings. The van der Waals surface area contributed by atoms with Crippen molar-refractivity contribution in [2.45, 2.75) is 19.8 Å². The Morgan fingerprint density at radius 1 is 1.15 bits per heavy atom. The van der Waals surface area contributed by atoms with Gasteiger partial charge in [-0.25, -0.2) is 4.79 Å². The number of urea groups is 1. The van der Waals surface area contributed by atoms with Gasteiger partial charge in [0.25, 0.3) is 0 Å². The van der Waals surface area contributed by atoms with Gasteiger partial charge in [-0.2, -0.15) is 5.26 Å².